The molecular formula is C17H17ClN6O. The first kappa shape index (κ1) is 16.0. The number of ether oxygens (including phenoxy) is 1. The number of rotatable bonds is 3. The number of pyridine rings is 2. The van der Waals surface area contributed by atoms with Gasteiger partial charge in [0.15, 0.2) is 5.82 Å². The van der Waals surface area contributed by atoms with Gasteiger partial charge in [0.25, 0.3) is 0 Å². The lowest BCUT2D eigenvalue weighted by Gasteiger charge is -2.29. The molecule has 0 amide bonds. The Morgan fingerprint density at radius 1 is 1.20 bits per heavy atom. The summed E-state index contributed by atoms with van der Waals surface area (Å²) in [5, 5.41) is 4.65. The van der Waals surface area contributed by atoms with Gasteiger partial charge in [0, 0.05) is 37.9 Å². The van der Waals surface area contributed by atoms with Gasteiger partial charge in [0.05, 0.1) is 30.4 Å². The van der Waals surface area contributed by atoms with Crippen LogP contribution in [0.3, 0.4) is 0 Å². The molecule has 0 atom stereocenters. The van der Waals surface area contributed by atoms with Gasteiger partial charge >= 0.3 is 0 Å². The van der Waals surface area contributed by atoms with Crippen molar-refractivity contribution in [2.45, 2.75) is 0 Å². The van der Waals surface area contributed by atoms with Crippen LogP contribution in [-0.2, 0) is 0 Å². The largest absolute Gasteiger partial charge is 0.494 e. The van der Waals surface area contributed by atoms with Crippen molar-refractivity contribution < 1.29 is 4.74 Å². The van der Waals surface area contributed by atoms with Gasteiger partial charge in [-0.2, -0.15) is 0 Å². The van der Waals surface area contributed by atoms with Crippen molar-refractivity contribution in [3.05, 3.63) is 35.9 Å². The molecule has 1 N–H and O–H groups in total. The van der Waals surface area contributed by atoms with E-state index < -0.39 is 0 Å². The van der Waals surface area contributed by atoms with Gasteiger partial charge in [-0.05, 0) is 12.1 Å². The molecule has 0 bridgehead atoms. The van der Waals surface area contributed by atoms with Crippen LogP contribution in [0.5, 0.6) is 5.75 Å². The van der Waals surface area contributed by atoms with E-state index in [0.717, 1.165) is 48.5 Å². The van der Waals surface area contributed by atoms with Gasteiger partial charge in [-0.3, -0.25) is 4.98 Å². The van der Waals surface area contributed by atoms with Crippen molar-refractivity contribution in [3.8, 4) is 17.1 Å². The van der Waals surface area contributed by atoms with E-state index in [1.54, 1.807) is 31.8 Å². The molecule has 1 aliphatic rings. The highest BCUT2D eigenvalue weighted by atomic mass is 35.5. The topological polar surface area (TPSA) is 76.1 Å². The molecule has 0 saturated carbocycles. The van der Waals surface area contributed by atoms with Crippen LogP contribution in [0.25, 0.3) is 22.3 Å². The van der Waals surface area contributed by atoms with E-state index in [1.807, 2.05) is 6.07 Å². The van der Waals surface area contributed by atoms with Crippen molar-refractivity contribution in [1.29, 1.82) is 0 Å². The normalized spacial score (nSPS) is 14.7. The summed E-state index contributed by atoms with van der Waals surface area (Å²) in [5.41, 5.74) is 1.56. The monoisotopic (exact) mass is 356 g/mol. The number of nitrogens with zero attached hydrogens (tertiary/aromatic N) is 5. The van der Waals surface area contributed by atoms with E-state index >= 15 is 0 Å². The van der Waals surface area contributed by atoms with Crippen LogP contribution in [0.1, 0.15) is 0 Å². The number of aromatic nitrogens is 4. The summed E-state index contributed by atoms with van der Waals surface area (Å²) >= 11 is 6.03. The maximum absolute atomic E-state index is 6.03. The molecule has 0 aromatic carbocycles. The zero-order valence-corrected chi connectivity index (χ0v) is 14.5. The molecule has 4 rings (SSSR count). The second-order valence-corrected chi connectivity index (χ2v) is 6.10. The van der Waals surface area contributed by atoms with Gasteiger partial charge in [-0.1, -0.05) is 11.6 Å². The van der Waals surface area contributed by atoms with Crippen molar-refractivity contribution in [2.24, 2.45) is 0 Å². The van der Waals surface area contributed by atoms with E-state index in [-0.39, 0.29) is 0 Å². The van der Waals surface area contributed by atoms with Crippen LogP contribution in [-0.4, -0.2) is 53.2 Å². The fourth-order valence-corrected chi connectivity index (χ4v) is 3.14. The van der Waals surface area contributed by atoms with Crippen molar-refractivity contribution in [2.75, 3.05) is 38.2 Å². The molecule has 3 aromatic heterocycles. The van der Waals surface area contributed by atoms with Gasteiger partial charge in [-0.15, -0.1) is 0 Å². The molecule has 0 aliphatic carbocycles. The third kappa shape index (κ3) is 3.08. The number of nitrogens with one attached hydrogen (secondary N) is 1. The summed E-state index contributed by atoms with van der Waals surface area (Å²) in [6.45, 7) is 3.56. The Labute approximate surface area is 150 Å². The molecule has 4 heterocycles. The number of halogens is 1. The Hall–Kier alpha value is -2.51. The number of hydrogen-bond acceptors (Lipinski definition) is 7. The Balaban J connectivity index is 1.94. The van der Waals surface area contributed by atoms with Gasteiger partial charge in [0.1, 0.15) is 16.7 Å². The Morgan fingerprint density at radius 3 is 2.80 bits per heavy atom. The lowest BCUT2D eigenvalue weighted by atomic mass is 10.2. The SMILES string of the molecule is COc1cncc2nc(-c3ccnc(Cl)c3)nc(N3CCNCC3)c12. The average Bonchev–Trinajstić information content (AvgIpc) is 2.67. The predicted molar refractivity (Wildman–Crippen MR) is 97.2 cm³/mol. The molecule has 0 unspecified atom stereocenters. The second kappa shape index (κ2) is 6.78. The molecule has 7 nitrogen and oxygen atoms in total. The van der Waals surface area contributed by atoms with Crippen LogP contribution >= 0.6 is 11.6 Å². The number of piperazine rings is 1. The molecule has 0 radical (unpaired) electrons. The van der Waals surface area contributed by atoms with Crippen molar-refractivity contribution in [3.63, 3.8) is 0 Å². The highest BCUT2D eigenvalue weighted by Crippen LogP contribution is 2.33. The third-order valence-electron chi connectivity index (χ3n) is 4.17. The maximum Gasteiger partial charge on any atom is 0.162 e. The zero-order chi connectivity index (χ0) is 17.2. The summed E-state index contributed by atoms with van der Waals surface area (Å²) < 4.78 is 5.51. The van der Waals surface area contributed by atoms with Gasteiger partial charge in [0.2, 0.25) is 0 Å². The Bertz CT molecular complexity index is 913. The first-order valence-electron chi connectivity index (χ1n) is 8.03. The van der Waals surface area contributed by atoms with Crippen LogP contribution < -0.4 is 15.0 Å². The van der Waals surface area contributed by atoms with Gasteiger partial charge in [-0.25, -0.2) is 15.0 Å². The quantitative estimate of drug-likeness (QED) is 0.720. The molecule has 128 valence electrons. The van der Waals surface area contributed by atoms with E-state index in [0.29, 0.717) is 16.7 Å². The molecule has 8 heteroatoms. The predicted octanol–water partition coefficient (Wildman–Crippen LogP) is 2.16. The smallest absolute Gasteiger partial charge is 0.162 e. The molecule has 0 spiro atoms. The van der Waals surface area contributed by atoms with Crippen LogP contribution in [0, 0.1) is 0 Å². The van der Waals surface area contributed by atoms with E-state index in [2.05, 4.69) is 25.2 Å². The standard InChI is InChI=1S/C17H17ClN6O/c1-25-13-10-20-9-12-15(13)17(24-6-4-19-5-7-24)23-16(22-12)11-2-3-21-14(18)8-11/h2-3,8-10,19H,4-7H2,1H3. The lowest BCUT2D eigenvalue weighted by molar-refractivity contribution is 0.418. The first-order chi connectivity index (χ1) is 12.3. The van der Waals surface area contributed by atoms with E-state index in [9.17, 15) is 0 Å². The summed E-state index contributed by atoms with van der Waals surface area (Å²) in [7, 11) is 1.63. The number of methoxy groups -OCH3 is 1. The van der Waals surface area contributed by atoms with Crippen LogP contribution in [0.15, 0.2) is 30.7 Å². The lowest BCUT2D eigenvalue weighted by Crippen LogP contribution is -2.44. The summed E-state index contributed by atoms with van der Waals surface area (Å²) in [4.78, 5) is 20.0. The minimum Gasteiger partial charge on any atom is -0.494 e. The molecule has 1 fully saturated rings. The minimum absolute atomic E-state index is 0.411. The minimum atomic E-state index is 0.411. The molecule has 1 saturated heterocycles. The Morgan fingerprint density at radius 2 is 2.04 bits per heavy atom. The van der Waals surface area contributed by atoms with Crippen molar-refractivity contribution in [1.82, 2.24) is 25.3 Å². The highest BCUT2D eigenvalue weighted by Gasteiger charge is 2.20. The van der Waals surface area contributed by atoms with E-state index in [1.165, 1.54) is 0 Å². The molecule has 25 heavy (non-hydrogen) atoms. The fourth-order valence-electron chi connectivity index (χ4n) is 2.97. The Kier molecular flexibility index (Phi) is 4.33. The molecule has 3 aromatic rings. The van der Waals surface area contributed by atoms with Gasteiger partial charge < -0.3 is 15.0 Å². The zero-order valence-electron chi connectivity index (χ0n) is 13.7. The van der Waals surface area contributed by atoms with Crippen LogP contribution in [0.2, 0.25) is 5.15 Å². The fraction of sp³-hybridized carbons (Fsp3) is 0.294. The number of hydrogen-bond donors (Lipinski definition) is 1. The number of fused-ring (bicyclic) bond motifs is 1. The summed E-state index contributed by atoms with van der Waals surface area (Å²) in [6, 6.07) is 3.61. The number of anilines is 1. The third-order valence-corrected chi connectivity index (χ3v) is 4.38. The first-order valence-corrected chi connectivity index (χ1v) is 8.41. The summed E-state index contributed by atoms with van der Waals surface area (Å²) in [5.74, 6) is 2.12. The maximum atomic E-state index is 6.03. The van der Waals surface area contributed by atoms with Crippen LogP contribution in [0.4, 0.5) is 5.82 Å². The molecule has 1 aliphatic heterocycles. The van der Waals surface area contributed by atoms with Crippen molar-refractivity contribution >= 4 is 28.3 Å². The average molecular weight is 357 g/mol. The molecular weight excluding hydrogens is 340 g/mol. The van der Waals surface area contributed by atoms with E-state index in [4.69, 9.17) is 21.3 Å². The highest BCUT2D eigenvalue weighted by molar-refractivity contribution is 6.29. The summed E-state index contributed by atoms with van der Waals surface area (Å²) in [6.07, 6.45) is 5.08. The second-order valence-electron chi connectivity index (χ2n) is 5.71.